The van der Waals surface area contributed by atoms with E-state index in [1.54, 1.807) is 12.1 Å². The lowest BCUT2D eigenvalue weighted by molar-refractivity contribution is -0.112. The molecule has 0 aromatic heterocycles. The van der Waals surface area contributed by atoms with Crippen LogP contribution >= 0.6 is 50.1 Å². The monoisotopic (exact) mass is 682 g/mol. The van der Waals surface area contributed by atoms with E-state index in [1.807, 2.05) is 30.3 Å². The van der Waals surface area contributed by atoms with Gasteiger partial charge in [0.2, 0.25) is 0 Å². The minimum Gasteiger partial charge on any atom is -0.495 e. The normalized spacial score (nSPS) is 10.9. The van der Waals surface area contributed by atoms with Gasteiger partial charge in [-0.15, -0.1) is 0 Å². The number of benzene rings is 3. The van der Waals surface area contributed by atoms with Gasteiger partial charge in [-0.05, 0) is 64.1 Å². The van der Waals surface area contributed by atoms with Crippen LogP contribution in [-0.2, 0) is 11.4 Å². The van der Waals surface area contributed by atoms with E-state index in [-0.39, 0.29) is 5.57 Å². The average Bonchev–Trinajstić information content (AvgIpc) is 2.87. The lowest BCUT2D eigenvalue weighted by Gasteiger charge is -2.14. The molecular weight excluding hydrogens is 663 g/mol. The zero-order valence-corrected chi connectivity index (χ0v) is 24.0. The van der Waals surface area contributed by atoms with E-state index in [4.69, 9.17) is 30.5 Å². The van der Waals surface area contributed by atoms with E-state index in [2.05, 4.69) is 43.8 Å². The zero-order valence-electron chi connectivity index (χ0n) is 19.5. The molecule has 0 aliphatic heterocycles. The molecule has 3 aromatic carbocycles. The second kappa shape index (κ2) is 12.9. The van der Waals surface area contributed by atoms with Gasteiger partial charge in [0.25, 0.3) is 5.91 Å². The van der Waals surface area contributed by atoms with Gasteiger partial charge in [0.05, 0.1) is 35.6 Å². The quantitative estimate of drug-likeness (QED) is 0.151. The Hall–Kier alpha value is -2.94. The number of hydrogen-bond acceptors (Lipinski definition) is 6. The van der Waals surface area contributed by atoms with E-state index < -0.39 is 5.91 Å². The van der Waals surface area contributed by atoms with Gasteiger partial charge in [0, 0.05) is 16.6 Å². The smallest absolute Gasteiger partial charge is 0.266 e. The Kier molecular flexibility index (Phi) is 9.87. The number of amides is 1. The van der Waals surface area contributed by atoms with Crippen LogP contribution in [0.1, 0.15) is 11.1 Å². The third-order valence-corrected chi connectivity index (χ3v) is 6.57. The minimum absolute atomic E-state index is 0.118. The van der Waals surface area contributed by atoms with Gasteiger partial charge in [-0.3, -0.25) is 4.79 Å². The van der Waals surface area contributed by atoms with Crippen molar-refractivity contribution in [2.24, 2.45) is 0 Å². The van der Waals surface area contributed by atoms with Gasteiger partial charge < -0.3 is 24.3 Å². The number of halogens is 3. The SMILES string of the molecule is COc1cc(NC(=O)/C(C#N)=C/c2cc(I)c(OCc3ccc(Br)cc3)c(OC)c2)c(OC)cc1Cl. The first-order valence-electron chi connectivity index (χ1n) is 10.4. The van der Waals surface area contributed by atoms with Crippen LogP contribution in [0.4, 0.5) is 5.69 Å². The number of carbonyl (C=O) groups is 1. The fourth-order valence-corrected chi connectivity index (χ4v) is 4.44. The molecule has 1 amide bonds. The van der Waals surface area contributed by atoms with Gasteiger partial charge in [0.1, 0.15) is 29.7 Å². The van der Waals surface area contributed by atoms with Gasteiger partial charge in [-0.25, -0.2) is 0 Å². The Morgan fingerprint density at radius 3 is 2.33 bits per heavy atom. The standard InChI is InChI=1S/C26H21BrClIN2O5/c1-33-22-12-21(23(34-2)11-19(22)28)31-26(32)17(13-30)8-16-9-20(29)25(24(10-16)35-3)36-14-15-4-6-18(27)7-5-15/h4-12H,14H2,1-3H3,(H,31,32)/b17-8+. The summed E-state index contributed by atoms with van der Waals surface area (Å²) in [6, 6.07) is 16.3. The van der Waals surface area contributed by atoms with Crippen LogP contribution in [0.25, 0.3) is 6.08 Å². The summed E-state index contributed by atoms with van der Waals surface area (Å²) in [6.45, 7) is 0.354. The first-order valence-corrected chi connectivity index (χ1v) is 12.6. The van der Waals surface area contributed by atoms with Crippen LogP contribution in [0.15, 0.2) is 58.6 Å². The molecule has 36 heavy (non-hydrogen) atoms. The molecule has 10 heteroatoms. The minimum atomic E-state index is -0.621. The molecule has 1 N–H and O–H groups in total. The summed E-state index contributed by atoms with van der Waals surface area (Å²) >= 11 is 11.7. The highest BCUT2D eigenvalue weighted by molar-refractivity contribution is 14.1. The molecule has 0 saturated heterocycles. The van der Waals surface area contributed by atoms with Crippen molar-refractivity contribution >= 4 is 67.8 Å². The molecular formula is C26H21BrClIN2O5. The number of hydrogen-bond donors (Lipinski definition) is 1. The summed E-state index contributed by atoms with van der Waals surface area (Å²) in [6.07, 6.45) is 1.47. The summed E-state index contributed by atoms with van der Waals surface area (Å²) in [5, 5.41) is 12.7. The third-order valence-electron chi connectivity index (χ3n) is 4.95. The molecule has 0 spiro atoms. The van der Waals surface area contributed by atoms with E-state index in [1.165, 1.54) is 39.5 Å². The Labute approximate surface area is 236 Å². The molecule has 0 aliphatic carbocycles. The number of nitriles is 1. The van der Waals surface area contributed by atoms with Crippen molar-refractivity contribution in [1.82, 2.24) is 0 Å². The molecule has 0 heterocycles. The van der Waals surface area contributed by atoms with E-state index >= 15 is 0 Å². The predicted molar refractivity (Wildman–Crippen MR) is 151 cm³/mol. The molecule has 3 aromatic rings. The topological polar surface area (TPSA) is 89.8 Å². The van der Waals surface area contributed by atoms with E-state index in [9.17, 15) is 10.1 Å². The molecule has 0 radical (unpaired) electrons. The summed E-state index contributed by atoms with van der Waals surface area (Å²) in [7, 11) is 4.44. The van der Waals surface area contributed by atoms with Crippen molar-refractivity contribution in [3.8, 4) is 29.1 Å². The summed E-state index contributed by atoms with van der Waals surface area (Å²) in [4.78, 5) is 12.9. The molecule has 0 fully saturated rings. The Bertz CT molecular complexity index is 1340. The lowest BCUT2D eigenvalue weighted by atomic mass is 10.1. The fraction of sp³-hybridized carbons (Fsp3) is 0.154. The van der Waals surface area contributed by atoms with Crippen LogP contribution in [0.3, 0.4) is 0 Å². The van der Waals surface area contributed by atoms with Crippen molar-refractivity contribution < 1.29 is 23.7 Å². The first-order chi connectivity index (χ1) is 17.3. The maximum Gasteiger partial charge on any atom is 0.266 e. The Balaban J connectivity index is 1.85. The lowest BCUT2D eigenvalue weighted by Crippen LogP contribution is -2.14. The van der Waals surface area contributed by atoms with E-state index in [0.717, 1.165) is 13.6 Å². The summed E-state index contributed by atoms with van der Waals surface area (Å²) in [5.41, 5.74) is 1.79. The first kappa shape index (κ1) is 27.6. The van der Waals surface area contributed by atoms with Crippen molar-refractivity contribution in [2.45, 2.75) is 6.61 Å². The summed E-state index contributed by atoms with van der Waals surface area (Å²) in [5.74, 6) is 1.11. The number of anilines is 1. The predicted octanol–water partition coefficient (Wildman–Crippen LogP) is 6.86. The summed E-state index contributed by atoms with van der Waals surface area (Å²) < 4.78 is 23.8. The maximum atomic E-state index is 12.9. The second-order valence-electron chi connectivity index (χ2n) is 7.26. The molecule has 0 unspecified atom stereocenters. The van der Waals surface area contributed by atoms with Crippen LogP contribution in [0.2, 0.25) is 5.02 Å². The van der Waals surface area contributed by atoms with Crippen molar-refractivity contribution in [3.63, 3.8) is 0 Å². The molecule has 3 rings (SSSR count). The van der Waals surface area contributed by atoms with Gasteiger partial charge in [-0.2, -0.15) is 5.26 Å². The Morgan fingerprint density at radius 1 is 1.06 bits per heavy atom. The van der Waals surface area contributed by atoms with Gasteiger partial charge in [0.15, 0.2) is 11.5 Å². The van der Waals surface area contributed by atoms with Crippen LogP contribution in [0, 0.1) is 14.9 Å². The number of nitrogens with one attached hydrogen (secondary N) is 1. The number of methoxy groups -OCH3 is 3. The molecule has 0 atom stereocenters. The molecule has 7 nitrogen and oxygen atoms in total. The second-order valence-corrected chi connectivity index (χ2v) is 9.75. The van der Waals surface area contributed by atoms with Crippen molar-refractivity contribution in [1.29, 1.82) is 5.26 Å². The van der Waals surface area contributed by atoms with E-state index in [0.29, 0.717) is 45.9 Å². The molecule has 186 valence electrons. The number of ether oxygens (including phenoxy) is 4. The number of rotatable bonds is 9. The maximum absolute atomic E-state index is 12.9. The largest absolute Gasteiger partial charge is 0.495 e. The van der Waals surface area contributed by atoms with Crippen LogP contribution < -0.4 is 24.3 Å². The highest BCUT2D eigenvalue weighted by atomic mass is 127. The third kappa shape index (κ3) is 6.84. The van der Waals surface area contributed by atoms with Gasteiger partial charge in [-0.1, -0.05) is 39.7 Å². The molecule has 0 bridgehead atoms. The molecule has 0 aliphatic rings. The van der Waals surface area contributed by atoms with Crippen molar-refractivity contribution in [3.05, 3.63) is 78.3 Å². The highest BCUT2D eigenvalue weighted by Gasteiger charge is 2.17. The van der Waals surface area contributed by atoms with Crippen molar-refractivity contribution in [2.75, 3.05) is 26.6 Å². The van der Waals surface area contributed by atoms with Crippen LogP contribution in [0.5, 0.6) is 23.0 Å². The molecule has 0 saturated carbocycles. The fourth-order valence-electron chi connectivity index (χ4n) is 3.16. The highest BCUT2D eigenvalue weighted by Crippen LogP contribution is 2.37. The zero-order chi connectivity index (χ0) is 26.2. The Morgan fingerprint density at radius 2 is 1.72 bits per heavy atom. The van der Waals surface area contributed by atoms with Crippen LogP contribution in [-0.4, -0.2) is 27.2 Å². The number of carbonyl (C=O) groups excluding carboxylic acids is 1. The van der Waals surface area contributed by atoms with Gasteiger partial charge >= 0.3 is 0 Å². The average molecular weight is 684 g/mol. The number of nitrogens with zero attached hydrogens (tertiary/aromatic N) is 1.